The van der Waals surface area contributed by atoms with Crippen molar-refractivity contribution in [2.75, 3.05) is 26.2 Å². The summed E-state index contributed by atoms with van der Waals surface area (Å²) in [5.41, 5.74) is 2.50. The Labute approximate surface area is 188 Å². The van der Waals surface area contributed by atoms with Crippen molar-refractivity contribution < 1.29 is 18.7 Å². The highest BCUT2D eigenvalue weighted by Crippen LogP contribution is 2.27. The lowest BCUT2D eigenvalue weighted by Crippen LogP contribution is -2.38. The Bertz CT molecular complexity index is 903. The van der Waals surface area contributed by atoms with E-state index in [9.17, 15) is 14.0 Å². The van der Waals surface area contributed by atoms with Crippen LogP contribution in [0.5, 0.6) is 0 Å². The molecule has 1 atom stereocenters. The normalized spacial score (nSPS) is 19.2. The number of ether oxygens (including phenoxy) is 1. The molecule has 6 nitrogen and oxygen atoms in total. The van der Waals surface area contributed by atoms with Crippen molar-refractivity contribution in [3.63, 3.8) is 0 Å². The van der Waals surface area contributed by atoms with Crippen LogP contribution >= 0.6 is 0 Å². The van der Waals surface area contributed by atoms with Crippen molar-refractivity contribution in [1.29, 1.82) is 0 Å². The Kier molecular flexibility index (Phi) is 7.47. The highest BCUT2D eigenvalue weighted by atomic mass is 19.1. The highest BCUT2D eigenvalue weighted by molar-refractivity contribution is 5.93. The number of halogens is 1. The summed E-state index contributed by atoms with van der Waals surface area (Å²) in [6.07, 6.45) is 6.58. The summed E-state index contributed by atoms with van der Waals surface area (Å²) in [6, 6.07) is 10.1. The number of pyridine rings is 1. The molecule has 1 aromatic heterocycles. The molecule has 0 aliphatic carbocycles. The van der Waals surface area contributed by atoms with Crippen molar-refractivity contribution in [3.8, 4) is 0 Å². The lowest BCUT2D eigenvalue weighted by atomic mass is 9.92. The third-order valence-electron chi connectivity index (χ3n) is 6.37. The molecule has 2 fully saturated rings. The number of hydrogen-bond donors (Lipinski definition) is 1. The van der Waals surface area contributed by atoms with Gasteiger partial charge in [-0.25, -0.2) is 4.39 Å². The summed E-state index contributed by atoms with van der Waals surface area (Å²) in [7, 11) is 0. The fraction of sp³-hybridized carbons (Fsp3) is 0.480. The van der Waals surface area contributed by atoms with E-state index in [1.807, 2.05) is 17.0 Å². The molecule has 2 aliphatic heterocycles. The average Bonchev–Trinajstić information content (AvgIpc) is 3.36. The molecule has 7 heteroatoms. The van der Waals surface area contributed by atoms with Gasteiger partial charge in [0.25, 0.3) is 5.91 Å². The molecule has 3 heterocycles. The van der Waals surface area contributed by atoms with Gasteiger partial charge in [0, 0.05) is 50.5 Å². The number of hydrogen-bond acceptors (Lipinski definition) is 4. The molecule has 0 saturated carbocycles. The van der Waals surface area contributed by atoms with Crippen molar-refractivity contribution in [1.82, 2.24) is 15.2 Å². The number of aryl methyl sites for hydroxylation is 1. The first-order valence-electron chi connectivity index (χ1n) is 11.5. The molecule has 170 valence electrons. The smallest absolute Gasteiger partial charge is 0.252 e. The second kappa shape index (κ2) is 10.7. The molecule has 0 spiro atoms. The summed E-state index contributed by atoms with van der Waals surface area (Å²) in [5.74, 6) is 0.0448. The van der Waals surface area contributed by atoms with Gasteiger partial charge in [0.2, 0.25) is 5.91 Å². The lowest BCUT2D eigenvalue weighted by Gasteiger charge is -2.32. The van der Waals surface area contributed by atoms with Crippen LogP contribution in [0, 0.1) is 5.82 Å². The zero-order chi connectivity index (χ0) is 22.3. The van der Waals surface area contributed by atoms with Crippen molar-refractivity contribution in [2.24, 2.45) is 0 Å². The Balaban J connectivity index is 1.21. The quantitative estimate of drug-likeness (QED) is 0.717. The van der Waals surface area contributed by atoms with Gasteiger partial charge in [0.15, 0.2) is 0 Å². The highest BCUT2D eigenvalue weighted by Gasteiger charge is 2.24. The van der Waals surface area contributed by atoms with Crippen LogP contribution < -0.4 is 5.32 Å². The number of carbonyl (C=O) groups excluding carboxylic acids is 2. The summed E-state index contributed by atoms with van der Waals surface area (Å²) in [5, 5.41) is 2.92. The van der Waals surface area contributed by atoms with Gasteiger partial charge in [-0.1, -0.05) is 12.1 Å². The van der Waals surface area contributed by atoms with E-state index in [1.54, 1.807) is 18.3 Å². The number of nitrogens with one attached hydrogen (secondary N) is 1. The van der Waals surface area contributed by atoms with Gasteiger partial charge < -0.3 is 15.0 Å². The molecule has 2 saturated heterocycles. The van der Waals surface area contributed by atoms with Gasteiger partial charge in [-0.3, -0.25) is 14.6 Å². The minimum absolute atomic E-state index is 0.120. The molecule has 2 aliphatic rings. The van der Waals surface area contributed by atoms with E-state index >= 15 is 0 Å². The number of likely N-dealkylation sites (tertiary alicyclic amines) is 1. The van der Waals surface area contributed by atoms with E-state index in [2.05, 4.69) is 10.3 Å². The first-order chi connectivity index (χ1) is 15.6. The summed E-state index contributed by atoms with van der Waals surface area (Å²) >= 11 is 0. The average molecular weight is 440 g/mol. The zero-order valence-electron chi connectivity index (χ0n) is 18.3. The zero-order valence-corrected chi connectivity index (χ0v) is 18.3. The Hall–Kier alpha value is -2.80. The minimum Gasteiger partial charge on any atom is -0.376 e. The monoisotopic (exact) mass is 439 g/mol. The molecule has 32 heavy (non-hydrogen) atoms. The molecule has 1 N–H and O–H groups in total. The molecule has 0 bridgehead atoms. The van der Waals surface area contributed by atoms with Crippen LogP contribution in [0.2, 0.25) is 0 Å². The molecular formula is C25H30FN3O3. The first-order valence-corrected chi connectivity index (χ1v) is 11.5. The minimum atomic E-state index is -0.261. The fourth-order valence-corrected chi connectivity index (χ4v) is 4.38. The largest absolute Gasteiger partial charge is 0.376 e. The number of benzene rings is 1. The molecular weight excluding hydrogens is 409 g/mol. The second-order valence-electron chi connectivity index (χ2n) is 8.60. The van der Waals surface area contributed by atoms with Crippen LogP contribution in [0.25, 0.3) is 0 Å². The SMILES string of the molecule is O=C(NC[C@H]1CCCO1)c1ccc(C2CCN(C(=O)CCc3ccc(F)cc3)CC2)nc1. The predicted octanol–water partition coefficient (Wildman–Crippen LogP) is 3.47. The number of piperidine rings is 1. The van der Waals surface area contributed by atoms with Gasteiger partial charge >= 0.3 is 0 Å². The van der Waals surface area contributed by atoms with Crippen molar-refractivity contribution in [2.45, 2.75) is 50.5 Å². The van der Waals surface area contributed by atoms with Gasteiger partial charge in [0.05, 0.1) is 11.7 Å². The molecule has 2 amide bonds. The molecule has 0 radical (unpaired) electrons. The summed E-state index contributed by atoms with van der Waals surface area (Å²) < 4.78 is 18.5. The molecule has 0 unspecified atom stereocenters. The van der Waals surface area contributed by atoms with Gasteiger partial charge in [-0.2, -0.15) is 0 Å². The van der Waals surface area contributed by atoms with E-state index in [4.69, 9.17) is 4.74 Å². The van der Waals surface area contributed by atoms with Crippen molar-refractivity contribution in [3.05, 3.63) is 65.2 Å². The predicted molar refractivity (Wildman–Crippen MR) is 119 cm³/mol. The Morgan fingerprint density at radius 2 is 1.88 bits per heavy atom. The van der Waals surface area contributed by atoms with Crippen LogP contribution in [0.15, 0.2) is 42.6 Å². The van der Waals surface area contributed by atoms with Crippen LogP contribution in [0.3, 0.4) is 0 Å². The van der Waals surface area contributed by atoms with Crippen LogP contribution in [0.4, 0.5) is 4.39 Å². The van der Waals surface area contributed by atoms with Gasteiger partial charge in [-0.15, -0.1) is 0 Å². The van der Waals surface area contributed by atoms with Crippen LogP contribution in [-0.4, -0.2) is 54.0 Å². The summed E-state index contributed by atoms with van der Waals surface area (Å²) in [4.78, 5) is 31.3. The fourth-order valence-electron chi connectivity index (χ4n) is 4.38. The maximum Gasteiger partial charge on any atom is 0.252 e. The maximum absolute atomic E-state index is 13.0. The van der Waals surface area contributed by atoms with E-state index in [0.717, 1.165) is 43.5 Å². The number of nitrogens with zero attached hydrogens (tertiary/aromatic N) is 2. The van der Waals surface area contributed by atoms with E-state index in [1.165, 1.54) is 12.1 Å². The molecule has 4 rings (SSSR count). The standard InChI is InChI=1S/C25H30FN3O3/c26-21-7-3-18(4-8-21)5-10-24(30)29-13-11-19(12-14-29)23-9-6-20(16-27-23)25(31)28-17-22-2-1-15-32-22/h3-4,6-9,16,19,22H,1-2,5,10-15,17H2,(H,28,31)/t22-/m1/s1. The van der Waals surface area contributed by atoms with E-state index in [0.29, 0.717) is 44.0 Å². The number of carbonyl (C=O) groups is 2. The van der Waals surface area contributed by atoms with Gasteiger partial charge in [-0.05, 0) is 61.9 Å². The molecule has 1 aromatic carbocycles. The first kappa shape index (κ1) is 22.4. The molecule has 2 aromatic rings. The maximum atomic E-state index is 13.0. The summed E-state index contributed by atoms with van der Waals surface area (Å²) in [6.45, 7) is 2.72. The van der Waals surface area contributed by atoms with Crippen LogP contribution in [0.1, 0.15) is 59.6 Å². The Morgan fingerprint density at radius 3 is 2.53 bits per heavy atom. The van der Waals surface area contributed by atoms with Crippen LogP contribution in [-0.2, 0) is 16.0 Å². The lowest BCUT2D eigenvalue weighted by molar-refractivity contribution is -0.132. The third kappa shape index (κ3) is 5.91. The van der Waals surface area contributed by atoms with Crippen molar-refractivity contribution >= 4 is 11.8 Å². The number of rotatable bonds is 7. The number of amides is 2. The Morgan fingerprint density at radius 1 is 1.09 bits per heavy atom. The van der Waals surface area contributed by atoms with E-state index < -0.39 is 0 Å². The van der Waals surface area contributed by atoms with Gasteiger partial charge in [0.1, 0.15) is 5.82 Å². The number of aromatic nitrogens is 1. The van der Waals surface area contributed by atoms with E-state index in [-0.39, 0.29) is 23.7 Å². The third-order valence-corrected chi connectivity index (χ3v) is 6.37. The topological polar surface area (TPSA) is 71.5 Å². The second-order valence-corrected chi connectivity index (χ2v) is 8.60.